The third-order valence-corrected chi connectivity index (χ3v) is 5.57. The van der Waals surface area contributed by atoms with Gasteiger partial charge in [-0.15, -0.1) is 0 Å². The average Bonchev–Trinajstić information content (AvgIpc) is 3.19. The van der Waals surface area contributed by atoms with Crippen LogP contribution in [0.25, 0.3) is 0 Å². The molecule has 1 saturated heterocycles. The minimum Gasteiger partial charge on any atom is -0.366 e. The molecule has 0 bridgehead atoms. The number of amides is 1. The second kappa shape index (κ2) is 8.51. The highest BCUT2D eigenvalue weighted by Crippen LogP contribution is 2.27. The Morgan fingerprint density at radius 1 is 1.00 bits per heavy atom. The number of benzene rings is 2. The average molecular weight is 395 g/mol. The number of rotatable bonds is 3. The normalized spacial score (nSPS) is 16.8. The molecule has 1 N–H and O–H groups in total. The molecule has 152 valence electrons. The van der Waals surface area contributed by atoms with Crippen LogP contribution in [0.1, 0.15) is 5.56 Å². The summed E-state index contributed by atoms with van der Waals surface area (Å²) in [6, 6.07) is 14.9. The maximum absolute atomic E-state index is 14.0. The Hall–Kier alpha value is -3.09. The molecule has 0 atom stereocenters. The van der Waals surface area contributed by atoms with Crippen LogP contribution in [0.15, 0.2) is 53.5 Å². The molecule has 1 amide bonds. The monoisotopic (exact) mass is 395 g/mol. The molecular weight excluding hydrogens is 369 g/mol. The van der Waals surface area contributed by atoms with Crippen molar-refractivity contribution in [2.45, 2.75) is 6.42 Å². The molecule has 2 heterocycles. The molecule has 2 aromatic carbocycles. The van der Waals surface area contributed by atoms with Crippen LogP contribution in [0.4, 0.5) is 15.8 Å². The van der Waals surface area contributed by atoms with E-state index in [1.165, 1.54) is 11.6 Å². The van der Waals surface area contributed by atoms with Crippen LogP contribution in [-0.2, 0) is 11.2 Å². The Balaban J connectivity index is 1.32. The van der Waals surface area contributed by atoms with E-state index in [9.17, 15) is 9.18 Å². The first-order valence-corrected chi connectivity index (χ1v) is 10.0. The van der Waals surface area contributed by atoms with Crippen molar-refractivity contribution in [2.75, 3.05) is 56.1 Å². The van der Waals surface area contributed by atoms with E-state index in [-0.39, 0.29) is 18.3 Å². The van der Waals surface area contributed by atoms with Gasteiger partial charge >= 0.3 is 0 Å². The molecule has 2 aliphatic rings. The van der Waals surface area contributed by atoms with Crippen molar-refractivity contribution in [1.82, 2.24) is 10.2 Å². The van der Waals surface area contributed by atoms with Gasteiger partial charge in [-0.2, -0.15) is 0 Å². The minimum atomic E-state index is -0.194. The first kappa shape index (κ1) is 19.2. The molecule has 2 aromatic rings. The molecule has 4 rings (SSSR count). The predicted molar refractivity (Wildman–Crippen MR) is 114 cm³/mol. The summed E-state index contributed by atoms with van der Waals surface area (Å²) in [6.07, 6.45) is 0.897. The number of aliphatic imine (C=N–C) groups is 1. The summed E-state index contributed by atoms with van der Waals surface area (Å²) >= 11 is 0. The summed E-state index contributed by atoms with van der Waals surface area (Å²) in [7, 11) is 1.72. The number of halogens is 1. The van der Waals surface area contributed by atoms with E-state index in [0.29, 0.717) is 24.7 Å². The van der Waals surface area contributed by atoms with Crippen LogP contribution in [0.2, 0.25) is 0 Å². The zero-order valence-electron chi connectivity index (χ0n) is 16.6. The van der Waals surface area contributed by atoms with E-state index in [0.717, 1.165) is 31.7 Å². The Morgan fingerprint density at radius 3 is 2.41 bits per heavy atom. The minimum absolute atomic E-state index is 0.0427. The van der Waals surface area contributed by atoms with Crippen molar-refractivity contribution in [3.8, 4) is 0 Å². The molecule has 29 heavy (non-hydrogen) atoms. The summed E-state index contributed by atoms with van der Waals surface area (Å²) < 4.78 is 14.0. The molecule has 0 aromatic heterocycles. The van der Waals surface area contributed by atoms with Crippen molar-refractivity contribution >= 4 is 23.2 Å². The summed E-state index contributed by atoms with van der Waals surface area (Å²) in [6.45, 7) is 3.77. The van der Waals surface area contributed by atoms with E-state index >= 15 is 0 Å². The quantitative estimate of drug-likeness (QED) is 0.639. The lowest BCUT2D eigenvalue weighted by Crippen LogP contribution is -2.54. The van der Waals surface area contributed by atoms with Crippen molar-refractivity contribution in [3.05, 3.63) is 59.9 Å². The van der Waals surface area contributed by atoms with Crippen LogP contribution in [-0.4, -0.2) is 63.1 Å². The smallest absolute Gasteiger partial charge is 0.246 e. The number of hydrogen-bond donors (Lipinski definition) is 1. The maximum Gasteiger partial charge on any atom is 0.246 e. The second-order valence-electron chi connectivity index (χ2n) is 7.25. The Labute approximate surface area is 170 Å². The molecular formula is C22H26FN5O. The van der Waals surface area contributed by atoms with Crippen LogP contribution in [0, 0.1) is 5.82 Å². The van der Waals surface area contributed by atoms with Crippen molar-refractivity contribution in [2.24, 2.45) is 4.99 Å². The lowest BCUT2D eigenvalue weighted by atomic mass is 10.2. The third-order valence-electron chi connectivity index (χ3n) is 5.57. The molecule has 6 nitrogen and oxygen atoms in total. The molecule has 1 fully saturated rings. The van der Waals surface area contributed by atoms with E-state index in [2.05, 4.69) is 21.3 Å². The number of hydrogen-bond acceptors (Lipinski definition) is 3. The predicted octanol–water partition coefficient (Wildman–Crippen LogP) is 2.11. The SMILES string of the molecule is CN=C(NCC(=O)N1CCc2ccccc21)N1CCN(c2ccccc2F)CC1. The number of fused-ring (bicyclic) bond motifs is 1. The van der Waals surface area contributed by atoms with Gasteiger partial charge in [0.2, 0.25) is 5.91 Å². The molecule has 0 unspecified atom stereocenters. The number of carbonyl (C=O) groups excluding carboxylic acids is 1. The Morgan fingerprint density at radius 2 is 1.69 bits per heavy atom. The van der Waals surface area contributed by atoms with Gasteiger partial charge in [-0.1, -0.05) is 30.3 Å². The highest BCUT2D eigenvalue weighted by atomic mass is 19.1. The third kappa shape index (κ3) is 4.04. The van der Waals surface area contributed by atoms with Gasteiger partial charge in [-0.05, 0) is 30.2 Å². The first-order valence-electron chi connectivity index (χ1n) is 10.0. The van der Waals surface area contributed by atoms with E-state index in [4.69, 9.17) is 0 Å². The standard InChI is InChI=1S/C22H26FN5O/c1-24-22(25-16-21(29)28-11-10-17-6-2-4-8-19(17)28)27-14-12-26(13-15-27)20-9-5-3-7-18(20)23/h2-9H,10-16H2,1H3,(H,24,25). The van der Waals surface area contributed by atoms with Gasteiger partial charge < -0.3 is 20.0 Å². The number of anilines is 2. The zero-order valence-corrected chi connectivity index (χ0v) is 16.6. The number of carbonyl (C=O) groups is 1. The van der Waals surface area contributed by atoms with E-state index < -0.39 is 0 Å². The highest BCUT2D eigenvalue weighted by molar-refractivity contribution is 5.98. The van der Waals surface area contributed by atoms with Crippen LogP contribution >= 0.6 is 0 Å². The van der Waals surface area contributed by atoms with Gasteiger partial charge in [0.15, 0.2) is 5.96 Å². The molecule has 0 radical (unpaired) electrons. The van der Waals surface area contributed by atoms with Crippen LogP contribution < -0.4 is 15.1 Å². The van der Waals surface area contributed by atoms with E-state index in [1.807, 2.05) is 40.1 Å². The Kier molecular flexibility index (Phi) is 5.64. The molecule has 0 spiro atoms. The number of guanidine groups is 1. The van der Waals surface area contributed by atoms with Crippen molar-refractivity contribution in [1.29, 1.82) is 0 Å². The first-order chi connectivity index (χ1) is 14.2. The van der Waals surface area contributed by atoms with Gasteiger partial charge in [0.1, 0.15) is 5.82 Å². The fraction of sp³-hybridized carbons (Fsp3) is 0.364. The fourth-order valence-corrected chi connectivity index (χ4v) is 4.05. The highest BCUT2D eigenvalue weighted by Gasteiger charge is 2.25. The second-order valence-corrected chi connectivity index (χ2v) is 7.25. The summed E-state index contributed by atoms with van der Waals surface area (Å²) in [5, 5.41) is 3.20. The number of nitrogens with zero attached hydrogens (tertiary/aromatic N) is 4. The maximum atomic E-state index is 14.0. The van der Waals surface area contributed by atoms with Crippen LogP contribution in [0.5, 0.6) is 0 Å². The number of para-hydroxylation sites is 2. The number of nitrogens with one attached hydrogen (secondary N) is 1. The number of piperazine rings is 1. The zero-order chi connectivity index (χ0) is 20.2. The Bertz CT molecular complexity index is 908. The van der Waals surface area contributed by atoms with Crippen molar-refractivity contribution < 1.29 is 9.18 Å². The van der Waals surface area contributed by atoms with Gasteiger partial charge in [0, 0.05) is 45.5 Å². The lowest BCUT2D eigenvalue weighted by molar-refractivity contribution is -0.117. The van der Waals surface area contributed by atoms with Crippen LogP contribution in [0.3, 0.4) is 0 Å². The van der Waals surface area contributed by atoms with Gasteiger partial charge in [0.05, 0.1) is 12.2 Å². The topological polar surface area (TPSA) is 51.2 Å². The van der Waals surface area contributed by atoms with Gasteiger partial charge in [0.25, 0.3) is 0 Å². The van der Waals surface area contributed by atoms with E-state index in [1.54, 1.807) is 13.1 Å². The molecule has 2 aliphatic heterocycles. The van der Waals surface area contributed by atoms with Gasteiger partial charge in [-0.25, -0.2) is 4.39 Å². The van der Waals surface area contributed by atoms with Crippen molar-refractivity contribution in [3.63, 3.8) is 0 Å². The molecule has 0 aliphatic carbocycles. The molecule has 7 heteroatoms. The molecule has 0 saturated carbocycles. The summed E-state index contributed by atoms with van der Waals surface area (Å²) in [5.41, 5.74) is 2.86. The summed E-state index contributed by atoms with van der Waals surface area (Å²) in [5.74, 6) is 0.556. The lowest BCUT2D eigenvalue weighted by Gasteiger charge is -2.37. The largest absolute Gasteiger partial charge is 0.366 e. The summed E-state index contributed by atoms with van der Waals surface area (Å²) in [4.78, 5) is 23.1. The fourth-order valence-electron chi connectivity index (χ4n) is 4.05. The van der Waals surface area contributed by atoms with Gasteiger partial charge in [-0.3, -0.25) is 9.79 Å².